The highest BCUT2D eigenvalue weighted by Gasteiger charge is 2.10. The van der Waals surface area contributed by atoms with Crippen LogP contribution >= 0.6 is 0 Å². The van der Waals surface area contributed by atoms with Crippen molar-refractivity contribution in [1.29, 1.82) is 0 Å². The summed E-state index contributed by atoms with van der Waals surface area (Å²) in [4.78, 5) is 16.0. The van der Waals surface area contributed by atoms with Gasteiger partial charge in [-0.3, -0.25) is 9.79 Å². The number of nitrogens with zero attached hydrogens (tertiary/aromatic N) is 1. The van der Waals surface area contributed by atoms with Gasteiger partial charge in [-0.15, -0.1) is 0 Å². The lowest BCUT2D eigenvalue weighted by Crippen LogP contribution is -2.42. The fourth-order valence-electron chi connectivity index (χ4n) is 1.91. The first-order chi connectivity index (χ1) is 8.74. The molecular formula is C13H26N4O. The third kappa shape index (κ3) is 5.89. The van der Waals surface area contributed by atoms with E-state index in [0.717, 1.165) is 44.9 Å². The Hall–Kier alpha value is -1.26. The fourth-order valence-corrected chi connectivity index (χ4v) is 1.91. The van der Waals surface area contributed by atoms with Gasteiger partial charge in [0.25, 0.3) is 0 Å². The summed E-state index contributed by atoms with van der Waals surface area (Å²) in [6, 6.07) is 0. The summed E-state index contributed by atoms with van der Waals surface area (Å²) in [6.07, 6.45) is 4.31. The quantitative estimate of drug-likeness (QED) is 0.616. The van der Waals surface area contributed by atoms with Crippen LogP contribution in [0.2, 0.25) is 0 Å². The van der Waals surface area contributed by atoms with E-state index in [0.29, 0.717) is 6.54 Å². The maximum atomic E-state index is 11.7. The van der Waals surface area contributed by atoms with Crippen LogP contribution in [0.15, 0.2) is 4.99 Å². The molecule has 5 heteroatoms. The van der Waals surface area contributed by atoms with Gasteiger partial charge < -0.3 is 16.0 Å². The summed E-state index contributed by atoms with van der Waals surface area (Å²) in [5, 5.41) is 9.39. The van der Waals surface area contributed by atoms with Crippen LogP contribution in [0.25, 0.3) is 0 Å². The zero-order valence-corrected chi connectivity index (χ0v) is 11.6. The molecule has 0 bridgehead atoms. The third-order valence-corrected chi connectivity index (χ3v) is 3.03. The molecule has 1 rings (SSSR count). The SMILES string of the molecule is CCC[C@@H](C)C(=O)NCCNC1=NCCCCN1. The van der Waals surface area contributed by atoms with Crippen LogP contribution < -0.4 is 16.0 Å². The van der Waals surface area contributed by atoms with Gasteiger partial charge in [0.15, 0.2) is 5.96 Å². The summed E-state index contributed by atoms with van der Waals surface area (Å²) in [7, 11) is 0. The molecule has 0 spiro atoms. The van der Waals surface area contributed by atoms with Gasteiger partial charge in [0.1, 0.15) is 0 Å². The maximum absolute atomic E-state index is 11.7. The van der Waals surface area contributed by atoms with E-state index in [1.165, 1.54) is 6.42 Å². The van der Waals surface area contributed by atoms with E-state index in [1.807, 2.05) is 6.92 Å². The number of hydrogen-bond donors (Lipinski definition) is 3. The first-order valence-corrected chi connectivity index (χ1v) is 7.04. The standard InChI is InChI=1S/C13H26N4O/c1-3-6-11(2)12(18)14-9-10-17-13-15-7-4-5-8-16-13/h11H,3-10H2,1-2H3,(H,14,18)(H2,15,16,17)/t11-/m1/s1. The number of carbonyl (C=O) groups is 1. The molecule has 0 aromatic heterocycles. The van der Waals surface area contributed by atoms with Gasteiger partial charge in [-0.1, -0.05) is 20.3 Å². The summed E-state index contributed by atoms with van der Waals surface area (Å²) in [5.74, 6) is 1.13. The Balaban J connectivity index is 2.10. The van der Waals surface area contributed by atoms with Crippen molar-refractivity contribution in [3.8, 4) is 0 Å². The molecule has 0 unspecified atom stereocenters. The molecule has 18 heavy (non-hydrogen) atoms. The van der Waals surface area contributed by atoms with E-state index >= 15 is 0 Å². The molecule has 1 amide bonds. The highest BCUT2D eigenvalue weighted by molar-refractivity contribution is 5.80. The molecule has 0 fully saturated rings. The second-order valence-corrected chi connectivity index (χ2v) is 4.77. The lowest BCUT2D eigenvalue weighted by Gasteiger charge is -2.13. The van der Waals surface area contributed by atoms with E-state index in [-0.39, 0.29) is 11.8 Å². The van der Waals surface area contributed by atoms with Crippen LogP contribution in [-0.2, 0) is 4.79 Å². The van der Waals surface area contributed by atoms with E-state index in [9.17, 15) is 4.79 Å². The van der Waals surface area contributed by atoms with Crippen molar-refractivity contribution in [2.75, 3.05) is 26.2 Å². The van der Waals surface area contributed by atoms with Crippen LogP contribution in [0.4, 0.5) is 0 Å². The number of rotatable bonds is 6. The average Bonchev–Trinajstić information content (AvgIpc) is 2.63. The van der Waals surface area contributed by atoms with Gasteiger partial charge in [-0.05, 0) is 19.3 Å². The molecule has 0 aromatic carbocycles. The largest absolute Gasteiger partial charge is 0.356 e. The van der Waals surface area contributed by atoms with Crippen LogP contribution in [0, 0.1) is 5.92 Å². The number of aliphatic imine (C=N–C) groups is 1. The summed E-state index contributed by atoms with van der Waals surface area (Å²) >= 11 is 0. The first kappa shape index (κ1) is 14.8. The molecule has 0 saturated heterocycles. The molecule has 0 saturated carbocycles. The molecule has 0 aliphatic carbocycles. The van der Waals surface area contributed by atoms with Gasteiger partial charge in [0, 0.05) is 32.1 Å². The predicted octanol–water partition coefficient (Wildman–Crippen LogP) is 0.868. The number of hydrogen-bond acceptors (Lipinski definition) is 4. The second-order valence-electron chi connectivity index (χ2n) is 4.77. The first-order valence-electron chi connectivity index (χ1n) is 7.04. The van der Waals surface area contributed by atoms with E-state index in [2.05, 4.69) is 27.9 Å². The Morgan fingerprint density at radius 2 is 2.28 bits per heavy atom. The van der Waals surface area contributed by atoms with Crippen LogP contribution in [-0.4, -0.2) is 38.0 Å². The summed E-state index contributed by atoms with van der Waals surface area (Å²) in [5.41, 5.74) is 0. The van der Waals surface area contributed by atoms with Gasteiger partial charge in [-0.25, -0.2) is 0 Å². The molecule has 1 aliphatic rings. The van der Waals surface area contributed by atoms with Crippen molar-refractivity contribution in [2.45, 2.75) is 39.5 Å². The number of amides is 1. The van der Waals surface area contributed by atoms with Crippen LogP contribution in [0.3, 0.4) is 0 Å². The predicted molar refractivity (Wildman–Crippen MR) is 74.6 cm³/mol. The van der Waals surface area contributed by atoms with Gasteiger partial charge >= 0.3 is 0 Å². The average molecular weight is 254 g/mol. The normalized spacial score (nSPS) is 17.1. The molecule has 0 radical (unpaired) electrons. The van der Waals surface area contributed by atoms with Crippen molar-refractivity contribution in [2.24, 2.45) is 10.9 Å². The monoisotopic (exact) mass is 254 g/mol. The molecule has 5 nitrogen and oxygen atoms in total. The zero-order valence-electron chi connectivity index (χ0n) is 11.6. The Morgan fingerprint density at radius 3 is 3.06 bits per heavy atom. The molecule has 1 atom stereocenters. The van der Waals surface area contributed by atoms with Gasteiger partial charge in [0.2, 0.25) is 5.91 Å². The minimum Gasteiger partial charge on any atom is -0.356 e. The highest BCUT2D eigenvalue weighted by Crippen LogP contribution is 2.03. The summed E-state index contributed by atoms with van der Waals surface area (Å²) < 4.78 is 0. The Bertz CT molecular complexity index is 278. The molecular weight excluding hydrogens is 228 g/mol. The molecule has 0 aromatic rings. The van der Waals surface area contributed by atoms with Gasteiger partial charge in [-0.2, -0.15) is 0 Å². The minimum absolute atomic E-state index is 0.114. The topological polar surface area (TPSA) is 65.5 Å². The minimum atomic E-state index is 0.114. The lowest BCUT2D eigenvalue weighted by molar-refractivity contribution is -0.124. The van der Waals surface area contributed by atoms with Crippen molar-refractivity contribution >= 4 is 11.9 Å². The maximum Gasteiger partial charge on any atom is 0.222 e. The Morgan fingerprint density at radius 1 is 1.44 bits per heavy atom. The third-order valence-electron chi connectivity index (χ3n) is 3.03. The van der Waals surface area contributed by atoms with E-state index in [4.69, 9.17) is 0 Å². The van der Waals surface area contributed by atoms with Crippen molar-refractivity contribution < 1.29 is 4.79 Å². The Kier molecular flexibility index (Phi) is 7.22. The molecule has 1 heterocycles. The lowest BCUT2D eigenvalue weighted by atomic mass is 10.1. The smallest absolute Gasteiger partial charge is 0.222 e. The molecule has 104 valence electrons. The number of guanidine groups is 1. The van der Waals surface area contributed by atoms with E-state index < -0.39 is 0 Å². The summed E-state index contributed by atoms with van der Waals surface area (Å²) in [6.45, 7) is 7.30. The zero-order chi connectivity index (χ0) is 13.2. The fraction of sp³-hybridized carbons (Fsp3) is 0.846. The number of carbonyl (C=O) groups excluding carboxylic acids is 1. The van der Waals surface area contributed by atoms with E-state index in [1.54, 1.807) is 0 Å². The van der Waals surface area contributed by atoms with Crippen LogP contribution in [0.5, 0.6) is 0 Å². The second kappa shape index (κ2) is 8.78. The van der Waals surface area contributed by atoms with Gasteiger partial charge in [0.05, 0.1) is 0 Å². The van der Waals surface area contributed by atoms with Crippen molar-refractivity contribution in [3.63, 3.8) is 0 Å². The number of nitrogens with one attached hydrogen (secondary N) is 3. The van der Waals surface area contributed by atoms with Crippen molar-refractivity contribution in [3.05, 3.63) is 0 Å². The van der Waals surface area contributed by atoms with Crippen molar-refractivity contribution in [1.82, 2.24) is 16.0 Å². The highest BCUT2D eigenvalue weighted by atomic mass is 16.1. The Labute approximate surface area is 110 Å². The molecule has 1 aliphatic heterocycles. The van der Waals surface area contributed by atoms with Crippen LogP contribution in [0.1, 0.15) is 39.5 Å². The molecule has 3 N–H and O–H groups in total.